The number of carbonyl (C=O) groups is 1. The highest BCUT2D eigenvalue weighted by Crippen LogP contribution is 2.32. The second-order valence-electron chi connectivity index (χ2n) is 8.96. The molecule has 0 radical (unpaired) electrons. The lowest BCUT2D eigenvalue weighted by molar-refractivity contribution is -0.121. The van der Waals surface area contributed by atoms with Crippen LogP contribution in [0.4, 0.5) is 11.8 Å². The summed E-state index contributed by atoms with van der Waals surface area (Å²) < 4.78 is 1.84. The van der Waals surface area contributed by atoms with Crippen LogP contribution in [0.3, 0.4) is 0 Å². The van der Waals surface area contributed by atoms with E-state index < -0.39 is 0 Å². The number of rotatable bonds is 5. The Kier molecular flexibility index (Phi) is 5.32. The smallest absolute Gasteiger partial charge is 0.243 e. The Morgan fingerprint density at radius 2 is 1.94 bits per heavy atom. The second kappa shape index (κ2) is 8.31. The SMILES string of the molecule is CNc1nc(NC2CCC(C)(NC(C)=O)CC2)nn2ccc(-c3ccc4ncccc4n3)c12. The highest BCUT2D eigenvalue weighted by Gasteiger charge is 2.32. The van der Waals surface area contributed by atoms with Gasteiger partial charge in [-0.25, -0.2) is 9.50 Å². The van der Waals surface area contributed by atoms with Crippen LogP contribution in [-0.2, 0) is 4.79 Å². The maximum atomic E-state index is 11.5. The minimum absolute atomic E-state index is 0.0249. The Bertz CT molecular complexity index is 1320. The standard InChI is InChI=1S/C24H28N8O/c1-15(33)30-24(2)11-8-16(9-12-24)27-23-29-22(25-3)21-17(10-14-32(21)31-23)18-6-7-19-20(28-18)5-4-13-26-19/h4-7,10,13-14,16H,8-9,11-12H2,1-3H3,(H,30,33)(H2,25,27,29,31). The van der Waals surface area contributed by atoms with E-state index in [1.165, 1.54) is 0 Å². The van der Waals surface area contributed by atoms with E-state index in [0.717, 1.165) is 59.3 Å². The van der Waals surface area contributed by atoms with Gasteiger partial charge in [0.1, 0.15) is 5.52 Å². The lowest BCUT2D eigenvalue weighted by Crippen LogP contribution is -2.49. The summed E-state index contributed by atoms with van der Waals surface area (Å²) in [5.41, 5.74) is 4.26. The molecule has 4 heterocycles. The van der Waals surface area contributed by atoms with Crippen molar-refractivity contribution in [3.8, 4) is 11.3 Å². The topological polar surface area (TPSA) is 109 Å². The van der Waals surface area contributed by atoms with Gasteiger partial charge in [-0.3, -0.25) is 9.78 Å². The largest absolute Gasteiger partial charge is 0.371 e. The van der Waals surface area contributed by atoms with Gasteiger partial charge in [-0.2, -0.15) is 4.98 Å². The number of hydrogen-bond acceptors (Lipinski definition) is 7. The molecule has 0 saturated heterocycles. The number of amides is 1. The summed E-state index contributed by atoms with van der Waals surface area (Å²) in [5, 5.41) is 14.5. The number of hydrogen-bond donors (Lipinski definition) is 3. The van der Waals surface area contributed by atoms with E-state index in [1.807, 2.05) is 48.1 Å². The van der Waals surface area contributed by atoms with Gasteiger partial charge >= 0.3 is 0 Å². The Morgan fingerprint density at radius 3 is 2.70 bits per heavy atom. The molecule has 0 bridgehead atoms. The Hall–Kier alpha value is -3.75. The van der Waals surface area contributed by atoms with E-state index in [4.69, 9.17) is 15.1 Å². The first-order valence-electron chi connectivity index (χ1n) is 11.3. The van der Waals surface area contributed by atoms with Gasteiger partial charge in [0.15, 0.2) is 5.82 Å². The van der Waals surface area contributed by atoms with Crippen LogP contribution in [0.1, 0.15) is 39.5 Å². The molecule has 9 nitrogen and oxygen atoms in total. The third-order valence-electron chi connectivity index (χ3n) is 6.38. The molecule has 0 unspecified atom stereocenters. The Morgan fingerprint density at radius 1 is 1.12 bits per heavy atom. The van der Waals surface area contributed by atoms with Crippen LogP contribution in [-0.4, -0.2) is 49.1 Å². The zero-order valence-electron chi connectivity index (χ0n) is 19.1. The molecule has 1 saturated carbocycles. The summed E-state index contributed by atoms with van der Waals surface area (Å²) in [6, 6.07) is 10.1. The first kappa shape index (κ1) is 21.1. The third-order valence-corrected chi connectivity index (χ3v) is 6.38. The monoisotopic (exact) mass is 444 g/mol. The lowest BCUT2D eigenvalue weighted by atomic mass is 9.81. The molecular formula is C24H28N8O. The van der Waals surface area contributed by atoms with Gasteiger partial charge in [-0.05, 0) is 62.9 Å². The van der Waals surface area contributed by atoms with Crippen molar-refractivity contribution >= 4 is 34.2 Å². The normalized spacial score (nSPS) is 20.6. The predicted molar refractivity (Wildman–Crippen MR) is 129 cm³/mol. The number of pyridine rings is 2. The maximum absolute atomic E-state index is 11.5. The zero-order chi connectivity index (χ0) is 23.0. The molecular weight excluding hydrogens is 416 g/mol. The molecule has 4 aromatic heterocycles. The van der Waals surface area contributed by atoms with Crippen molar-refractivity contribution in [3.05, 3.63) is 42.7 Å². The highest BCUT2D eigenvalue weighted by atomic mass is 16.1. The van der Waals surface area contributed by atoms with Crippen LogP contribution >= 0.6 is 0 Å². The van der Waals surface area contributed by atoms with Gasteiger partial charge in [0.05, 0.1) is 16.7 Å². The van der Waals surface area contributed by atoms with Crippen molar-refractivity contribution in [1.82, 2.24) is 29.9 Å². The van der Waals surface area contributed by atoms with Crippen LogP contribution < -0.4 is 16.0 Å². The van der Waals surface area contributed by atoms with E-state index in [9.17, 15) is 4.79 Å². The van der Waals surface area contributed by atoms with Gasteiger partial charge in [0.25, 0.3) is 0 Å². The molecule has 9 heteroatoms. The van der Waals surface area contributed by atoms with Gasteiger partial charge in [0.2, 0.25) is 11.9 Å². The molecule has 0 spiro atoms. The zero-order valence-corrected chi connectivity index (χ0v) is 19.1. The van der Waals surface area contributed by atoms with Crippen LogP contribution in [0, 0.1) is 0 Å². The quantitative estimate of drug-likeness (QED) is 0.431. The van der Waals surface area contributed by atoms with Crippen molar-refractivity contribution in [2.45, 2.75) is 51.1 Å². The van der Waals surface area contributed by atoms with Crippen molar-refractivity contribution < 1.29 is 4.79 Å². The fourth-order valence-electron chi connectivity index (χ4n) is 4.71. The van der Waals surface area contributed by atoms with E-state index >= 15 is 0 Å². The van der Waals surface area contributed by atoms with Crippen LogP contribution in [0.2, 0.25) is 0 Å². The number of carbonyl (C=O) groups excluding carboxylic acids is 1. The number of fused-ring (bicyclic) bond motifs is 2. The van der Waals surface area contributed by atoms with E-state index in [0.29, 0.717) is 5.95 Å². The Labute approximate surface area is 192 Å². The summed E-state index contributed by atoms with van der Waals surface area (Å²) in [7, 11) is 1.86. The number of nitrogens with one attached hydrogen (secondary N) is 3. The third kappa shape index (κ3) is 4.18. The first-order valence-corrected chi connectivity index (χ1v) is 11.3. The van der Waals surface area contributed by atoms with Gasteiger partial charge in [0, 0.05) is 43.5 Å². The van der Waals surface area contributed by atoms with Gasteiger partial charge < -0.3 is 16.0 Å². The molecule has 170 valence electrons. The van der Waals surface area contributed by atoms with E-state index in [1.54, 1.807) is 13.1 Å². The molecule has 4 aromatic rings. The number of anilines is 2. The minimum Gasteiger partial charge on any atom is -0.371 e. The molecule has 1 fully saturated rings. The van der Waals surface area contributed by atoms with Crippen molar-refractivity contribution in [3.63, 3.8) is 0 Å². The van der Waals surface area contributed by atoms with Crippen LogP contribution in [0.15, 0.2) is 42.7 Å². The minimum atomic E-state index is -0.136. The molecule has 0 atom stereocenters. The van der Waals surface area contributed by atoms with Crippen molar-refractivity contribution in [2.24, 2.45) is 0 Å². The van der Waals surface area contributed by atoms with Crippen LogP contribution in [0.25, 0.3) is 27.8 Å². The van der Waals surface area contributed by atoms with E-state index in [-0.39, 0.29) is 17.5 Å². The molecule has 3 N–H and O–H groups in total. The average Bonchev–Trinajstić information content (AvgIpc) is 3.23. The molecule has 1 amide bonds. The summed E-state index contributed by atoms with van der Waals surface area (Å²) in [4.78, 5) is 25.4. The maximum Gasteiger partial charge on any atom is 0.243 e. The van der Waals surface area contributed by atoms with Gasteiger partial charge in [-0.15, -0.1) is 5.10 Å². The predicted octanol–water partition coefficient (Wildman–Crippen LogP) is 3.63. The molecule has 1 aliphatic carbocycles. The molecule has 1 aliphatic rings. The van der Waals surface area contributed by atoms with Crippen LogP contribution in [0.5, 0.6) is 0 Å². The second-order valence-corrected chi connectivity index (χ2v) is 8.96. The number of nitrogens with zero attached hydrogens (tertiary/aromatic N) is 5. The number of aromatic nitrogens is 5. The molecule has 0 aromatic carbocycles. The van der Waals surface area contributed by atoms with Gasteiger partial charge in [-0.1, -0.05) is 0 Å². The fraction of sp³-hybridized carbons (Fsp3) is 0.375. The van der Waals surface area contributed by atoms with Crippen molar-refractivity contribution in [2.75, 3.05) is 17.7 Å². The summed E-state index contributed by atoms with van der Waals surface area (Å²) in [6.07, 6.45) is 7.43. The Balaban J connectivity index is 1.41. The summed E-state index contributed by atoms with van der Waals surface area (Å²) >= 11 is 0. The molecule has 5 rings (SSSR count). The first-order chi connectivity index (χ1) is 15.9. The summed E-state index contributed by atoms with van der Waals surface area (Å²) in [6.45, 7) is 3.69. The average molecular weight is 445 g/mol. The van der Waals surface area contributed by atoms with E-state index in [2.05, 4.69) is 27.9 Å². The summed E-state index contributed by atoms with van der Waals surface area (Å²) in [5.74, 6) is 1.34. The van der Waals surface area contributed by atoms with Crippen molar-refractivity contribution in [1.29, 1.82) is 0 Å². The fourth-order valence-corrected chi connectivity index (χ4v) is 4.71. The molecule has 0 aliphatic heterocycles. The lowest BCUT2D eigenvalue weighted by Gasteiger charge is -2.38. The highest BCUT2D eigenvalue weighted by molar-refractivity contribution is 5.89. The molecule has 33 heavy (non-hydrogen) atoms.